The second-order valence-electron chi connectivity index (χ2n) is 4.27. The summed E-state index contributed by atoms with van der Waals surface area (Å²) < 4.78 is 5.39. The average Bonchev–Trinajstić information content (AvgIpc) is 2.30. The van der Waals surface area contributed by atoms with Gasteiger partial charge in [-0.25, -0.2) is 0 Å². The first-order valence-electron chi connectivity index (χ1n) is 6.02. The summed E-state index contributed by atoms with van der Waals surface area (Å²) >= 11 is 0. The molecular weight excluding hydrogens is 212 g/mol. The third-order valence-electron chi connectivity index (χ3n) is 2.77. The summed E-state index contributed by atoms with van der Waals surface area (Å²) in [5.74, 6) is 0.563. The van der Waals surface area contributed by atoms with Gasteiger partial charge in [0.15, 0.2) is 0 Å². The van der Waals surface area contributed by atoms with Crippen LogP contribution in [0.15, 0.2) is 23.2 Å². The molecule has 0 heterocycles. The lowest BCUT2D eigenvalue weighted by Crippen LogP contribution is -2.29. The van der Waals surface area contributed by atoms with Crippen molar-refractivity contribution < 1.29 is 4.74 Å². The zero-order valence-corrected chi connectivity index (χ0v) is 11.2. The average molecular weight is 234 g/mol. The van der Waals surface area contributed by atoms with Crippen molar-refractivity contribution in [1.29, 1.82) is 0 Å². The lowest BCUT2D eigenvalue weighted by molar-refractivity contribution is 0.121. The number of aliphatic imine (C=N–C) groups is 1. The minimum Gasteiger partial charge on any atom is -0.385 e. The zero-order chi connectivity index (χ0) is 12.8. The van der Waals surface area contributed by atoms with Crippen molar-refractivity contribution in [3.8, 4) is 0 Å². The van der Waals surface area contributed by atoms with E-state index in [0.29, 0.717) is 19.0 Å². The summed E-state index contributed by atoms with van der Waals surface area (Å²) in [7, 11) is 0. The molecule has 0 aliphatic heterocycles. The Hall–Kier alpha value is -1.35. The number of aryl methyl sites for hydroxylation is 2. The Bertz CT molecular complexity index is 399. The number of benzene rings is 1. The molecular formula is C14H22N2O. The van der Waals surface area contributed by atoms with E-state index in [1.807, 2.05) is 13.8 Å². The first kappa shape index (κ1) is 13.7. The van der Waals surface area contributed by atoms with Crippen molar-refractivity contribution in [2.45, 2.75) is 40.3 Å². The molecule has 94 valence electrons. The molecule has 0 saturated heterocycles. The van der Waals surface area contributed by atoms with E-state index in [9.17, 15) is 0 Å². The largest absolute Gasteiger partial charge is 0.385 e. The van der Waals surface area contributed by atoms with Crippen LogP contribution in [-0.2, 0) is 11.3 Å². The van der Waals surface area contributed by atoms with Crippen LogP contribution in [0.25, 0.3) is 0 Å². The molecule has 3 nitrogen and oxygen atoms in total. The standard InChI is InChI=1S/C14H22N2O/c1-5-17-12(4)14(15)16-9-13-8-10(2)6-7-11(13)3/h6-8,12H,5,9H2,1-4H3,(H2,15,16). The molecule has 3 heteroatoms. The highest BCUT2D eigenvalue weighted by Crippen LogP contribution is 2.11. The quantitative estimate of drug-likeness (QED) is 0.629. The molecule has 1 unspecified atom stereocenters. The maximum Gasteiger partial charge on any atom is 0.123 e. The van der Waals surface area contributed by atoms with E-state index in [1.54, 1.807) is 0 Å². The Balaban J connectivity index is 2.71. The topological polar surface area (TPSA) is 47.6 Å². The predicted octanol–water partition coefficient (Wildman–Crippen LogP) is 2.59. The van der Waals surface area contributed by atoms with Crippen LogP contribution < -0.4 is 5.73 Å². The van der Waals surface area contributed by atoms with Gasteiger partial charge in [0.2, 0.25) is 0 Å². The first-order valence-corrected chi connectivity index (χ1v) is 6.02. The maximum atomic E-state index is 5.86. The van der Waals surface area contributed by atoms with Crippen molar-refractivity contribution in [3.63, 3.8) is 0 Å². The molecule has 1 rings (SSSR count). The third-order valence-corrected chi connectivity index (χ3v) is 2.77. The Morgan fingerprint density at radius 3 is 2.76 bits per heavy atom. The molecule has 17 heavy (non-hydrogen) atoms. The molecule has 0 saturated carbocycles. The number of ether oxygens (including phenoxy) is 1. The maximum absolute atomic E-state index is 5.86. The fraction of sp³-hybridized carbons (Fsp3) is 0.500. The summed E-state index contributed by atoms with van der Waals surface area (Å²) in [6.45, 7) is 9.32. The van der Waals surface area contributed by atoms with E-state index >= 15 is 0 Å². The fourth-order valence-electron chi connectivity index (χ4n) is 1.61. The molecule has 0 radical (unpaired) electrons. The molecule has 0 spiro atoms. The highest BCUT2D eigenvalue weighted by atomic mass is 16.5. The van der Waals surface area contributed by atoms with E-state index in [2.05, 4.69) is 37.0 Å². The van der Waals surface area contributed by atoms with Gasteiger partial charge in [-0.2, -0.15) is 0 Å². The van der Waals surface area contributed by atoms with E-state index in [0.717, 1.165) is 0 Å². The Kier molecular flexibility index (Phi) is 5.16. The monoisotopic (exact) mass is 234 g/mol. The number of nitrogens with zero attached hydrogens (tertiary/aromatic N) is 1. The number of hydrogen-bond donors (Lipinski definition) is 1. The molecule has 0 aliphatic rings. The van der Waals surface area contributed by atoms with Crippen LogP contribution in [-0.4, -0.2) is 18.5 Å². The van der Waals surface area contributed by atoms with E-state index in [1.165, 1.54) is 16.7 Å². The van der Waals surface area contributed by atoms with Crippen LogP contribution >= 0.6 is 0 Å². The van der Waals surface area contributed by atoms with Gasteiger partial charge in [0.25, 0.3) is 0 Å². The van der Waals surface area contributed by atoms with E-state index in [-0.39, 0.29) is 6.10 Å². The molecule has 2 N–H and O–H groups in total. The Morgan fingerprint density at radius 1 is 1.41 bits per heavy atom. The summed E-state index contributed by atoms with van der Waals surface area (Å²) in [6, 6.07) is 6.37. The van der Waals surface area contributed by atoms with Gasteiger partial charge in [-0.05, 0) is 38.8 Å². The summed E-state index contributed by atoms with van der Waals surface area (Å²) in [5, 5.41) is 0. The second kappa shape index (κ2) is 6.40. The highest BCUT2D eigenvalue weighted by molar-refractivity contribution is 5.84. The second-order valence-corrected chi connectivity index (χ2v) is 4.27. The van der Waals surface area contributed by atoms with Crippen LogP contribution in [0.1, 0.15) is 30.5 Å². The molecule has 0 bridgehead atoms. The van der Waals surface area contributed by atoms with Crippen molar-refractivity contribution in [2.24, 2.45) is 10.7 Å². The molecule has 1 atom stereocenters. The lowest BCUT2D eigenvalue weighted by Gasteiger charge is -2.11. The predicted molar refractivity (Wildman–Crippen MR) is 72.3 cm³/mol. The highest BCUT2D eigenvalue weighted by Gasteiger charge is 2.05. The van der Waals surface area contributed by atoms with Gasteiger partial charge < -0.3 is 10.5 Å². The van der Waals surface area contributed by atoms with Gasteiger partial charge in [-0.3, -0.25) is 4.99 Å². The number of hydrogen-bond acceptors (Lipinski definition) is 2. The van der Waals surface area contributed by atoms with Gasteiger partial charge in [0, 0.05) is 6.61 Å². The molecule has 0 aliphatic carbocycles. The van der Waals surface area contributed by atoms with Crippen molar-refractivity contribution in [2.75, 3.05) is 6.61 Å². The fourth-order valence-corrected chi connectivity index (χ4v) is 1.61. The minimum atomic E-state index is -0.106. The molecule has 0 amide bonds. The number of rotatable bonds is 5. The Labute approximate surface area is 104 Å². The lowest BCUT2D eigenvalue weighted by atomic mass is 10.1. The van der Waals surface area contributed by atoms with Crippen LogP contribution in [0.3, 0.4) is 0 Å². The van der Waals surface area contributed by atoms with Crippen molar-refractivity contribution in [1.82, 2.24) is 0 Å². The van der Waals surface area contributed by atoms with Gasteiger partial charge in [0.05, 0.1) is 6.54 Å². The summed E-state index contributed by atoms with van der Waals surface area (Å²) in [5.41, 5.74) is 9.58. The van der Waals surface area contributed by atoms with Gasteiger partial charge in [-0.1, -0.05) is 23.8 Å². The smallest absolute Gasteiger partial charge is 0.123 e. The van der Waals surface area contributed by atoms with Crippen LogP contribution in [0.2, 0.25) is 0 Å². The van der Waals surface area contributed by atoms with Crippen molar-refractivity contribution in [3.05, 3.63) is 34.9 Å². The third kappa shape index (κ3) is 4.19. The van der Waals surface area contributed by atoms with Crippen LogP contribution in [0.4, 0.5) is 0 Å². The number of nitrogens with two attached hydrogens (primary N) is 1. The molecule has 0 fully saturated rings. The van der Waals surface area contributed by atoms with Crippen LogP contribution in [0.5, 0.6) is 0 Å². The molecule has 1 aromatic rings. The van der Waals surface area contributed by atoms with E-state index in [4.69, 9.17) is 10.5 Å². The van der Waals surface area contributed by atoms with Crippen LogP contribution in [0, 0.1) is 13.8 Å². The molecule has 0 aromatic heterocycles. The van der Waals surface area contributed by atoms with Gasteiger partial charge >= 0.3 is 0 Å². The molecule has 1 aromatic carbocycles. The normalized spacial score (nSPS) is 13.8. The Morgan fingerprint density at radius 2 is 2.12 bits per heavy atom. The van der Waals surface area contributed by atoms with E-state index < -0.39 is 0 Å². The zero-order valence-electron chi connectivity index (χ0n) is 11.2. The summed E-state index contributed by atoms with van der Waals surface area (Å²) in [4.78, 5) is 4.38. The van der Waals surface area contributed by atoms with Crippen molar-refractivity contribution >= 4 is 5.84 Å². The number of amidine groups is 1. The van der Waals surface area contributed by atoms with Gasteiger partial charge in [-0.15, -0.1) is 0 Å². The van der Waals surface area contributed by atoms with Gasteiger partial charge in [0.1, 0.15) is 11.9 Å². The minimum absolute atomic E-state index is 0.106. The SMILES string of the molecule is CCOC(C)C(N)=NCc1cc(C)ccc1C. The summed E-state index contributed by atoms with van der Waals surface area (Å²) in [6.07, 6.45) is -0.106. The first-order chi connectivity index (χ1) is 8.04.